The van der Waals surface area contributed by atoms with Gasteiger partial charge >= 0.3 is 6.18 Å². The van der Waals surface area contributed by atoms with E-state index >= 15 is 0 Å². The molecule has 2 fully saturated rings. The number of ketones is 1. The Labute approximate surface area is 213 Å². The molecule has 2 aromatic heterocycles. The van der Waals surface area contributed by atoms with Gasteiger partial charge in [-0.3, -0.25) is 14.8 Å². The van der Waals surface area contributed by atoms with Gasteiger partial charge in [-0.2, -0.15) is 13.2 Å². The van der Waals surface area contributed by atoms with Crippen LogP contribution in [0, 0.1) is 11.8 Å². The monoisotopic (exact) mass is 541 g/mol. The number of hydrogen-bond acceptors (Lipinski definition) is 8. The molecule has 0 radical (unpaired) electrons. The van der Waals surface area contributed by atoms with E-state index in [1.165, 1.54) is 22.8 Å². The molecule has 2 aliphatic rings. The molecule has 4 heterocycles. The van der Waals surface area contributed by atoms with Crippen LogP contribution in [0.2, 0.25) is 0 Å². The van der Waals surface area contributed by atoms with E-state index in [1.54, 1.807) is 0 Å². The van der Waals surface area contributed by atoms with Crippen molar-refractivity contribution < 1.29 is 31.1 Å². The number of nitrogens with one attached hydrogen (secondary N) is 1. The average molecular weight is 542 g/mol. The largest absolute Gasteiger partial charge is 0.418 e. The Morgan fingerprint density at radius 2 is 1.95 bits per heavy atom. The fourth-order valence-corrected chi connectivity index (χ4v) is 5.55. The fraction of sp³-hybridized carbons (Fsp3) is 0.583. The Balaban J connectivity index is 1.54. The fourth-order valence-electron chi connectivity index (χ4n) is 4.64. The van der Waals surface area contributed by atoms with E-state index in [9.17, 15) is 26.4 Å². The number of halogens is 3. The Morgan fingerprint density at radius 1 is 1.19 bits per heavy atom. The molecule has 2 aliphatic heterocycles. The quantitative estimate of drug-likeness (QED) is 0.542. The standard InChI is InChI=1S/C24H30F3N5O4S/c1-37(34,35)32-6-2-3-17(15-32)22(33)10-18-9-19(20(12-29-18)24(25,26)27)21-13-28-14-23(31-21)30-11-16-4-7-36-8-5-16/h9,12-14,16-17H,2-8,10-11,15H2,1H3,(H,30,31)/t17-/m0/s1. The second-order valence-electron chi connectivity index (χ2n) is 9.55. The van der Waals surface area contributed by atoms with Gasteiger partial charge in [0, 0.05) is 62.6 Å². The summed E-state index contributed by atoms with van der Waals surface area (Å²) in [5.41, 5.74) is -1.01. The van der Waals surface area contributed by atoms with Gasteiger partial charge in [-0.05, 0) is 37.7 Å². The molecule has 0 saturated carbocycles. The molecule has 0 aromatic carbocycles. The summed E-state index contributed by atoms with van der Waals surface area (Å²) in [6, 6.07) is 1.23. The molecule has 0 spiro atoms. The second kappa shape index (κ2) is 11.4. The SMILES string of the molecule is CS(=O)(=O)N1CCC[C@H](C(=O)Cc2cc(-c3cncc(NCC4CCOCC4)n3)c(C(F)(F)F)cn2)C1. The van der Waals surface area contributed by atoms with Crippen molar-refractivity contribution in [2.24, 2.45) is 11.8 Å². The zero-order valence-electron chi connectivity index (χ0n) is 20.5. The summed E-state index contributed by atoms with van der Waals surface area (Å²) in [6.45, 7) is 2.38. The van der Waals surface area contributed by atoms with Crippen LogP contribution in [0.15, 0.2) is 24.7 Å². The molecular weight excluding hydrogens is 511 g/mol. The average Bonchev–Trinajstić information content (AvgIpc) is 2.87. The van der Waals surface area contributed by atoms with Crippen molar-refractivity contribution in [3.05, 3.63) is 35.9 Å². The van der Waals surface area contributed by atoms with Crippen molar-refractivity contribution in [3.63, 3.8) is 0 Å². The molecule has 0 amide bonds. The Hall–Kier alpha value is -2.64. The molecule has 0 unspecified atom stereocenters. The van der Waals surface area contributed by atoms with Crippen LogP contribution in [0.5, 0.6) is 0 Å². The predicted molar refractivity (Wildman–Crippen MR) is 130 cm³/mol. The van der Waals surface area contributed by atoms with Gasteiger partial charge in [-0.1, -0.05) is 0 Å². The van der Waals surface area contributed by atoms with Gasteiger partial charge < -0.3 is 10.1 Å². The minimum Gasteiger partial charge on any atom is -0.381 e. The van der Waals surface area contributed by atoms with Crippen LogP contribution in [-0.4, -0.2) is 72.6 Å². The van der Waals surface area contributed by atoms with Crippen LogP contribution >= 0.6 is 0 Å². The molecule has 13 heteroatoms. The van der Waals surface area contributed by atoms with E-state index in [1.807, 2.05) is 0 Å². The Kier molecular flexibility index (Phi) is 8.44. The first-order valence-corrected chi connectivity index (χ1v) is 14.0. The van der Waals surface area contributed by atoms with Gasteiger partial charge in [0.25, 0.3) is 0 Å². The lowest BCUT2D eigenvalue weighted by atomic mass is 9.92. The number of Topliss-reactive ketones (excluding diaryl/α,β-unsaturated/α-hetero) is 1. The van der Waals surface area contributed by atoms with Gasteiger partial charge in [-0.15, -0.1) is 0 Å². The third-order valence-electron chi connectivity index (χ3n) is 6.75. The number of ether oxygens (including phenoxy) is 1. The predicted octanol–water partition coefficient (Wildman–Crippen LogP) is 3.18. The van der Waals surface area contributed by atoms with Crippen LogP contribution < -0.4 is 5.32 Å². The molecule has 2 aromatic rings. The van der Waals surface area contributed by atoms with Crippen molar-refractivity contribution in [1.82, 2.24) is 19.3 Å². The lowest BCUT2D eigenvalue weighted by molar-refractivity contribution is -0.137. The maximum absolute atomic E-state index is 13.8. The summed E-state index contributed by atoms with van der Waals surface area (Å²) in [4.78, 5) is 25.3. The van der Waals surface area contributed by atoms with Crippen LogP contribution in [0.4, 0.5) is 19.0 Å². The summed E-state index contributed by atoms with van der Waals surface area (Å²) in [5.74, 6) is -0.0606. The molecule has 9 nitrogen and oxygen atoms in total. The minimum absolute atomic E-state index is 0.0151. The van der Waals surface area contributed by atoms with E-state index in [0.717, 1.165) is 19.1 Å². The number of carbonyl (C=O) groups excluding carboxylic acids is 1. The number of piperidine rings is 1. The lowest BCUT2D eigenvalue weighted by Gasteiger charge is -2.30. The maximum Gasteiger partial charge on any atom is 0.418 e. The number of hydrogen-bond donors (Lipinski definition) is 1. The van der Waals surface area contributed by atoms with Gasteiger partial charge in [-0.25, -0.2) is 17.7 Å². The molecule has 37 heavy (non-hydrogen) atoms. The highest BCUT2D eigenvalue weighted by molar-refractivity contribution is 7.88. The van der Waals surface area contributed by atoms with E-state index in [2.05, 4.69) is 20.3 Å². The smallest absolute Gasteiger partial charge is 0.381 e. The van der Waals surface area contributed by atoms with Crippen molar-refractivity contribution >= 4 is 21.6 Å². The minimum atomic E-state index is -4.68. The number of nitrogens with zero attached hydrogens (tertiary/aromatic N) is 4. The Bertz CT molecular complexity index is 1220. The van der Waals surface area contributed by atoms with Gasteiger partial charge in [0.1, 0.15) is 11.6 Å². The first-order chi connectivity index (χ1) is 17.5. The normalized spacial score (nSPS) is 20.1. The third-order valence-corrected chi connectivity index (χ3v) is 8.02. The number of aromatic nitrogens is 3. The van der Waals surface area contributed by atoms with Crippen molar-refractivity contribution in [2.75, 3.05) is 44.4 Å². The number of sulfonamides is 1. The summed E-state index contributed by atoms with van der Waals surface area (Å²) in [5, 5.41) is 3.15. The highest BCUT2D eigenvalue weighted by atomic mass is 32.2. The lowest BCUT2D eigenvalue weighted by Crippen LogP contribution is -2.42. The molecule has 1 atom stereocenters. The molecule has 0 bridgehead atoms. The molecule has 202 valence electrons. The van der Waals surface area contributed by atoms with Crippen LogP contribution in [-0.2, 0) is 32.2 Å². The zero-order valence-corrected chi connectivity index (χ0v) is 21.3. The van der Waals surface area contributed by atoms with E-state index in [0.29, 0.717) is 57.1 Å². The van der Waals surface area contributed by atoms with Crippen molar-refractivity contribution in [1.29, 1.82) is 0 Å². The second-order valence-corrected chi connectivity index (χ2v) is 11.5. The molecule has 1 N–H and O–H groups in total. The summed E-state index contributed by atoms with van der Waals surface area (Å²) in [7, 11) is -3.43. The molecule has 0 aliphatic carbocycles. The number of pyridine rings is 1. The topological polar surface area (TPSA) is 114 Å². The van der Waals surface area contributed by atoms with Crippen LogP contribution in [0.1, 0.15) is 36.9 Å². The number of alkyl halides is 3. The number of anilines is 1. The molecular formula is C24H30F3N5O4S. The molecule has 4 rings (SSSR count). The van der Waals surface area contributed by atoms with Gasteiger partial charge in [0.05, 0.1) is 29.9 Å². The summed E-state index contributed by atoms with van der Waals surface area (Å²) >= 11 is 0. The van der Waals surface area contributed by atoms with Gasteiger partial charge in [0.15, 0.2) is 0 Å². The van der Waals surface area contributed by atoms with E-state index < -0.39 is 27.7 Å². The zero-order chi connectivity index (χ0) is 26.6. The molecule has 2 saturated heterocycles. The number of rotatable bonds is 8. The third kappa shape index (κ3) is 7.23. The first kappa shape index (κ1) is 27.4. The number of carbonyl (C=O) groups is 1. The Morgan fingerprint density at radius 3 is 2.65 bits per heavy atom. The van der Waals surface area contributed by atoms with Gasteiger partial charge in [0.2, 0.25) is 10.0 Å². The summed E-state index contributed by atoms with van der Waals surface area (Å²) < 4.78 is 71.8. The summed E-state index contributed by atoms with van der Waals surface area (Å²) in [6.07, 6.45) is 2.47. The first-order valence-electron chi connectivity index (χ1n) is 12.2. The van der Waals surface area contributed by atoms with Crippen LogP contribution in [0.3, 0.4) is 0 Å². The maximum atomic E-state index is 13.8. The van der Waals surface area contributed by atoms with E-state index in [4.69, 9.17) is 4.74 Å². The van der Waals surface area contributed by atoms with Crippen molar-refractivity contribution in [2.45, 2.75) is 38.3 Å². The highest BCUT2D eigenvalue weighted by Crippen LogP contribution is 2.36. The highest BCUT2D eigenvalue weighted by Gasteiger charge is 2.36. The van der Waals surface area contributed by atoms with Crippen molar-refractivity contribution in [3.8, 4) is 11.3 Å². The van der Waals surface area contributed by atoms with Crippen LogP contribution in [0.25, 0.3) is 11.3 Å². The van der Waals surface area contributed by atoms with E-state index in [-0.39, 0.29) is 35.7 Å².